The van der Waals surface area contributed by atoms with E-state index in [1.807, 2.05) is 32.9 Å². The highest BCUT2D eigenvalue weighted by molar-refractivity contribution is 5.78. The van der Waals surface area contributed by atoms with Crippen molar-refractivity contribution in [2.24, 2.45) is 22.2 Å². The molecular weight excluding hydrogens is 444 g/mol. The molecule has 0 aromatic carbocycles. The van der Waals surface area contributed by atoms with Crippen molar-refractivity contribution >= 4 is 5.91 Å². The number of aliphatic hydroxyl groups excluding tert-OH is 1. The summed E-state index contributed by atoms with van der Waals surface area (Å²) in [5.41, 5.74) is -1.18. The zero-order chi connectivity index (χ0) is 28.0. The van der Waals surface area contributed by atoms with Crippen molar-refractivity contribution in [3.05, 3.63) is 48.6 Å². The maximum absolute atomic E-state index is 13.7. The summed E-state index contributed by atoms with van der Waals surface area (Å²) < 4.78 is 0. The van der Waals surface area contributed by atoms with E-state index in [1.54, 1.807) is 0 Å². The van der Waals surface area contributed by atoms with Crippen LogP contribution in [0.3, 0.4) is 0 Å². The van der Waals surface area contributed by atoms with E-state index in [0.717, 1.165) is 25.8 Å². The minimum absolute atomic E-state index is 0.0188. The topological polar surface area (TPSA) is 52.6 Å². The summed E-state index contributed by atoms with van der Waals surface area (Å²) in [4.78, 5) is 15.9. The predicted octanol–water partition coefficient (Wildman–Crippen LogP) is 7.28. The fourth-order valence-electron chi connectivity index (χ4n) is 5.56. The Morgan fingerprint density at radius 1 is 0.917 bits per heavy atom. The lowest BCUT2D eigenvalue weighted by Crippen LogP contribution is -2.51. The van der Waals surface area contributed by atoms with E-state index < -0.39 is 5.41 Å². The van der Waals surface area contributed by atoms with Crippen molar-refractivity contribution in [3.63, 3.8) is 0 Å². The molecule has 0 aliphatic heterocycles. The molecule has 0 fully saturated rings. The molecular formula is C32H54N2O2. The molecule has 0 saturated heterocycles. The van der Waals surface area contributed by atoms with Crippen LogP contribution < -0.4 is 5.32 Å². The molecule has 36 heavy (non-hydrogen) atoms. The second kappa shape index (κ2) is 15.1. The Balaban J connectivity index is 6.19. The molecule has 0 aliphatic rings. The van der Waals surface area contributed by atoms with Gasteiger partial charge >= 0.3 is 0 Å². The fourth-order valence-corrected chi connectivity index (χ4v) is 5.56. The van der Waals surface area contributed by atoms with Crippen LogP contribution in [0.25, 0.3) is 0 Å². The van der Waals surface area contributed by atoms with Crippen LogP contribution in [0.4, 0.5) is 0 Å². The number of carbonyl (C=O) groups excluding carboxylic acids is 1. The molecule has 0 radical (unpaired) electrons. The van der Waals surface area contributed by atoms with Crippen LogP contribution in [0, 0.1) is 34.2 Å². The zero-order valence-corrected chi connectivity index (χ0v) is 25.0. The first-order valence-corrected chi connectivity index (χ1v) is 13.4. The summed E-state index contributed by atoms with van der Waals surface area (Å²) in [6.07, 6.45) is 21.9. The van der Waals surface area contributed by atoms with Gasteiger partial charge in [0.2, 0.25) is 5.91 Å². The number of rotatable bonds is 15. The maximum Gasteiger partial charge on any atom is 0.221 e. The van der Waals surface area contributed by atoms with Crippen molar-refractivity contribution < 1.29 is 9.90 Å². The van der Waals surface area contributed by atoms with Gasteiger partial charge < -0.3 is 15.3 Å². The van der Waals surface area contributed by atoms with Gasteiger partial charge in [-0.25, -0.2) is 0 Å². The first kappa shape index (κ1) is 33.8. The monoisotopic (exact) mass is 498 g/mol. The number of carbonyl (C=O) groups is 1. The smallest absolute Gasteiger partial charge is 0.221 e. The normalized spacial score (nSPS) is 18.8. The van der Waals surface area contributed by atoms with Crippen LogP contribution in [0.1, 0.15) is 88.0 Å². The third-order valence-electron chi connectivity index (χ3n) is 7.27. The Hall–Kier alpha value is -2.25. The Labute approximate surface area is 223 Å². The summed E-state index contributed by atoms with van der Waals surface area (Å²) in [7, 11) is 4.19. The van der Waals surface area contributed by atoms with Crippen molar-refractivity contribution in [3.8, 4) is 12.0 Å². The van der Waals surface area contributed by atoms with Crippen LogP contribution in [-0.4, -0.2) is 42.1 Å². The minimum atomic E-state index is -0.440. The van der Waals surface area contributed by atoms with E-state index in [9.17, 15) is 4.79 Å². The van der Waals surface area contributed by atoms with E-state index in [0.29, 0.717) is 6.42 Å². The largest absolute Gasteiger partial charge is 0.462 e. The molecule has 4 nitrogen and oxygen atoms in total. The Kier molecular flexibility index (Phi) is 14.2. The van der Waals surface area contributed by atoms with Gasteiger partial charge in [0.05, 0.1) is 0 Å². The Bertz CT molecular complexity index is 827. The standard InChI is InChI=1S/C32H54N2O2/c1-12-18-31(19-13-2,24-29(7,8)27(6)17-22-35)23-28(36)33-30(9,16-5)25-32(20-14-3,21-15-4)26-34(10)11/h12-15,18-21,27,35H,16,23-26H2,1-11H3,(H,33,36). The lowest BCUT2D eigenvalue weighted by molar-refractivity contribution is -0.124. The van der Waals surface area contributed by atoms with Gasteiger partial charge in [0.1, 0.15) is 6.11 Å². The number of amides is 1. The van der Waals surface area contributed by atoms with Gasteiger partial charge in [0.15, 0.2) is 0 Å². The van der Waals surface area contributed by atoms with Crippen LogP contribution in [0.15, 0.2) is 48.6 Å². The van der Waals surface area contributed by atoms with Crippen molar-refractivity contribution in [1.82, 2.24) is 10.2 Å². The third-order valence-corrected chi connectivity index (χ3v) is 7.27. The number of nitrogens with zero attached hydrogens (tertiary/aromatic N) is 1. The number of hydrogen-bond acceptors (Lipinski definition) is 3. The van der Waals surface area contributed by atoms with Gasteiger partial charge in [-0.05, 0) is 73.4 Å². The van der Waals surface area contributed by atoms with Gasteiger partial charge in [-0.15, -0.1) is 0 Å². The second-order valence-electron chi connectivity index (χ2n) is 11.7. The molecule has 0 aliphatic carbocycles. The molecule has 0 bridgehead atoms. The molecule has 2 N–H and O–H groups in total. The van der Waals surface area contributed by atoms with Crippen molar-refractivity contribution in [1.29, 1.82) is 0 Å². The van der Waals surface area contributed by atoms with Gasteiger partial charge in [-0.3, -0.25) is 4.79 Å². The van der Waals surface area contributed by atoms with Gasteiger partial charge in [0.25, 0.3) is 0 Å². The molecule has 4 heteroatoms. The number of allylic oxidation sites excluding steroid dienone is 6. The van der Waals surface area contributed by atoms with Crippen LogP contribution in [0.2, 0.25) is 0 Å². The fraction of sp³-hybridized carbons (Fsp3) is 0.656. The highest BCUT2D eigenvalue weighted by Gasteiger charge is 2.40. The van der Waals surface area contributed by atoms with Crippen LogP contribution in [-0.2, 0) is 4.79 Å². The summed E-state index contributed by atoms with van der Waals surface area (Å²) in [5, 5.41) is 12.6. The lowest BCUT2D eigenvalue weighted by Gasteiger charge is -2.42. The molecule has 0 aromatic rings. The Morgan fingerprint density at radius 2 is 1.39 bits per heavy atom. The summed E-state index contributed by atoms with van der Waals surface area (Å²) in [6.45, 7) is 19.6. The number of aliphatic hydroxyl groups is 1. The first-order valence-electron chi connectivity index (χ1n) is 13.4. The highest BCUT2D eigenvalue weighted by Crippen LogP contribution is 2.44. The maximum atomic E-state index is 13.7. The minimum Gasteiger partial charge on any atom is -0.462 e. The first-order chi connectivity index (χ1) is 16.7. The number of nitrogens with one attached hydrogen (secondary N) is 1. The zero-order valence-electron chi connectivity index (χ0n) is 25.0. The molecule has 0 aromatic heterocycles. The Morgan fingerprint density at radius 3 is 1.78 bits per heavy atom. The van der Waals surface area contributed by atoms with E-state index in [2.05, 4.69) is 114 Å². The molecule has 0 spiro atoms. The molecule has 0 heterocycles. The molecule has 2 atom stereocenters. The SMILES string of the molecule is CC=CC(C=CC)(CN(C)C)CC(C)(CC)NC(=O)CC(C=CC)(C=CC)CC(C)(C)C(C)C#CO. The quantitative estimate of drug-likeness (QED) is 0.184. The summed E-state index contributed by atoms with van der Waals surface area (Å²) >= 11 is 0. The summed E-state index contributed by atoms with van der Waals surface area (Å²) in [6, 6.07) is 0. The summed E-state index contributed by atoms with van der Waals surface area (Å²) in [5.74, 6) is 2.93. The van der Waals surface area contributed by atoms with Crippen molar-refractivity contribution in [2.45, 2.75) is 93.5 Å². The lowest BCUT2D eigenvalue weighted by atomic mass is 9.65. The van der Waals surface area contributed by atoms with Crippen LogP contribution in [0.5, 0.6) is 0 Å². The molecule has 0 saturated carbocycles. The molecule has 1 amide bonds. The van der Waals surface area contributed by atoms with Gasteiger partial charge in [-0.2, -0.15) is 0 Å². The van der Waals surface area contributed by atoms with E-state index in [-0.39, 0.29) is 28.2 Å². The third kappa shape index (κ3) is 10.8. The predicted molar refractivity (Wildman–Crippen MR) is 156 cm³/mol. The number of hydrogen-bond donors (Lipinski definition) is 2. The van der Waals surface area contributed by atoms with Crippen LogP contribution >= 0.6 is 0 Å². The van der Waals surface area contributed by atoms with E-state index >= 15 is 0 Å². The molecule has 204 valence electrons. The average molecular weight is 499 g/mol. The van der Waals surface area contributed by atoms with E-state index in [1.165, 1.54) is 0 Å². The molecule has 2 unspecified atom stereocenters. The van der Waals surface area contributed by atoms with Crippen molar-refractivity contribution in [2.75, 3.05) is 20.6 Å². The average Bonchev–Trinajstić information content (AvgIpc) is 2.73. The highest BCUT2D eigenvalue weighted by atomic mass is 16.2. The van der Waals surface area contributed by atoms with Gasteiger partial charge in [-0.1, -0.05) is 82.2 Å². The van der Waals surface area contributed by atoms with E-state index in [4.69, 9.17) is 5.11 Å². The molecule has 0 rings (SSSR count). The second-order valence-corrected chi connectivity index (χ2v) is 11.7. The van der Waals surface area contributed by atoms with Gasteiger partial charge in [0, 0.05) is 35.3 Å².